The van der Waals surface area contributed by atoms with Crippen LogP contribution in [0.15, 0.2) is 88.5 Å². The van der Waals surface area contributed by atoms with E-state index in [0.29, 0.717) is 39.1 Å². The number of aryl methyl sites for hydroxylation is 1. The number of benzene rings is 3. The minimum absolute atomic E-state index is 0.154. The Bertz CT molecular complexity index is 2260. The van der Waals surface area contributed by atoms with Gasteiger partial charge < -0.3 is 9.73 Å². The van der Waals surface area contributed by atoms with Crippen LogP contribution in [-0.2, 0) is 10.0 Å². The number of hydrogen-bond acceptors (Lipinski definition) is 7. The number of furan rings is 1. The molecule has 10 nitrogen and oxygen atoms in total. The largest absolute Gasteiger partial charge is 0.455 e. The van der Waals surface area contributed by atoms with Crippen molar-refractivity contribution in [3.63, 3.8) is 0 Å². The summed E-state index contributed by atoms with van der Waals surface area (Å²) in [5.41, 5.74) is 3.44. The number of pyridine rings is 1. The second kappa shape index (κ2) is 10.7. The molecular formula is C32H26FN5O5S. The Balaban J connectivity index is 1.63. The molecular weight excluding hydrogens is 585 g/mol. The SMILES string of the molecule is CNC(=O)c1c(-c2ccc(C)cc2)oc2cc(N(C)S(C)(=O)=O)c(-c3cnc4ncn(-c5ccc(F)cc5)c(=O)c4c3)cc12. The number of nitrogens with zero attached hydrogens (tertiary/aromatic N) is 4. The van der Waals surface area contributed by atoms with Crippen LogP contribution in [0.5, 0.6) is 0 Å². The molecule has 3 aromatic carbocycles. The Kier molecular flexibility index (Phi) is 7.01. The summed E-state index contributed by atoms with van der Waals surface area (Å²) in [6, 6.07) is 17.7. The Morgan fingerprint density at radius 2 is 1.68 bits per heavy atom. The lowest BCUT2D eigenvalue weighted by Crippen LogP contribution is -2.25. The maximum atomic E-state index is 13.6. The van der Waals surface area contributed by atoms with Gasteiger partial charge in [-0.15, -0.1) is 0 Å². The van der Waals surface area contributed by atoms with Gasteiger partial charge in [0.25, 0.3) is 11.5 Å². The number of amides is 1. The third kappa shape index (κ3) is 4.98. The van der Waals surface area contributed by atoms with Crippen molar-refractivity contribution in [2.75, 3.05) is 24.7 Å². The van der Waals surface area contributed by atoms with Gasteiger partial charge >= 0.3 is 0 Å². The van der Waals surface area contributed by atoms with Gasteiger partial charge in [-0.05, 0) is 43.3 Å². The first-order chi connectivity index (χ1) is 21.0. The van der Waals surface area contributed by atoms with Gasteiger partial charge in [0.05, 0.1) is 28.6 Å². The van der Waals surface area contributed by atoms with Gasteiger partial charge in [0.1, 0.15) is 23.5 Å². The first-order valence-corrected chi connectivity index (χ1v) is 15.3. The van der Waals surface area contributed by atoms with E-state index in [1.807, 2.05) is 31.2 Å². The molecule has 0 saturated heterocycles. The number of carbonyl (C=O) groups is 1. The summed E-state index contributed by atoms with van der Waals surface area (Å²) in [4.78, 5) is 35.5. The van der Waals surface area contributed by atoms with Crippen LogP contribution in [0.2, 0.25) is 0 Å². The van der Waals surface area contributed by atoms with Crippen LogP contribution >= 0.6 is 0 Å². The van der Waals surface area contributed by atoms with Crippen molar-refractivity contribution in [2.45, 2.75) is 6.92 Å². The van der Waals surface area contributed by atoms with E-state index in [-0.39, 0.29) is 22.3 Å². The van der Waals surface area contributed by atoms with E-state index < -0.39 is 27.3 Å². The van der Waals surface area contributed by atoms with E-state index in [2.05, 4.69) is 15.3 Å². The Hall–Kier alpha value is -5.36. The fraction of sp³-hybridized carbons (Fsp3) is 0.125. The highest BCUT2D eigenvalue weighted by Crippen LogP contribution is 2.41. The second-order valence-corrected chi connectivity index (χ2v) is 12.4. The first-order valence-electron chi connectivity index (χ1n) is 13.4. The number of halogens is 1. The molecule has 0 fully saturated rings. The molecule has 0 saturated carbocycles. The van der Waals surface area contributed by atoms with Crippen LogP contribution in [0.1, 0.15) is 15.9 Å². The van der Waals surface area contributed by atoms with Crippen LogP contribution in [0.25, 0.3) is 50.1 Å². The van der Waals surface area contributed by atoms with E-state index in [0.717, 1.165) is 16.1 Å². The number of nitrogens with one attached hydrogen (secondary N) is 1. The van der Waals surface area contributed by atoms with Crippen molar-refractivity contribution in [1.82, 2.24) is 19.9 Å². The molecule has 222 valence electrons. The molecule has 0 radical (unpaired) electrons. The smallest absolute Gasteiger partial charge is 0.267 e. The topological polar surface area (TPSA) is 127 Å². The zero-order valence-corrected chi connectivity index (χ0v) is 24.9. The van der Waals surface area contributed by atoms with E-state index >= 15 is 0 Å². The Morgan fingerprint density at radius 1 is 0.977 bits per heavy atom. The molecule has 1 amide bonds. The van der Waals surface area contributed by atoms with Gasteiger partial charge in [0, 0.05) is 48.4 Å². The Morgan fingerprint density at radius 3 is 2.34 bits per heavy atom. The molecule has 0 aliphatic rings. The van der Waals surface area contributed by atoms with E-state index in [4.69, 9.17) is 4.42 Å². The molecule has 0 spiro atoms. The monoisotopic (exact) mass is 611 g/mol. The van der Waals surface area contributed by atoms with Crippen LogP contribution in [0.4, 0.5) is 10.1 Å². The lowest BCUT2D eigenvalue weighted by atomic mass is 9.98. The number of hydrogen-bond donors (Lipinski definition) is 1. The fourth-order valence-corrected chi connectivity index (χ4v) is 5.51. The fourth-order valence-electron chi connectivity index (χ4n) is 5.01. The molecule has 0 unspecified atom stereocenters. The predicted molar refractivity (Wildman–Crippen MR) is 167 cm³/mol. The van der Waals surface area contributed by atoms with Crippen LogP contribution in [0, 0.1) is 12.7 Å². The van der Waals surface area contributed by atoms with Crippen LogP contribution in [0.3, 0.4) is 0 Å². The van der Waals surface area contributed by atoms with Gasteiger partial charge in [-0.25, -0.2) is 22.8 Å². The van der Waals surface area contributed by atoms with E-state index in [9.17, 15) is 22.4 Å². The van der Waals surface area contributed by atoms with E-state index in [1.165, 1.54) is 55.5 Å². The third-order valence-electron chi connectivity index (χ3n) is 7.44. The van der Waals surface area contributed by atoms with E-state index in [1.54, 1.807) is 18.2 Å². The standard InChI is InChI=1S/C32H26FN5O5S/c1-18-5-7-19(8-6-18)29-28(31(39)34-2)24-14-23(26(15-27(24)43-29)37(3)44(4,41)42)20-13-25-30(35-16-20)36-17-38(32(25)40)22-11-9-21(33)10-12-22/h5-17H,1-4H3,(H,34,39). The highest BCUT2D eigenvalue weighted by Gasteiger charge is 2.26. The van der Waals surface area contributed by atoms with Crippen molar-refractivity contribution < 1.29 is 22.0 Å². The number of sulfonamides is 1. The third-order valence-corrected chi connectivity index (χ3v) is 8.63. The van der Waals surface area contributed by atoms with Crippen LogP contribution < -0.4 is 15.2 Å². The second-order valence-electron chi connectivity index (χ2n) is 10.3. The maximum Gasteiger partial charge on any atom is 0.267 e. The van der Waals surface area contributed by atoms with Gasteiger partial charge in [-0.3, -0.25) is 18.5 Å². The van der Waals surface area contributed by atoms with Crippen molar-refractivity contribution in [1.29, 1.82) is 0 Å². The number of fused-ring (bicyclic) bond motifs is 2. The predicted octanol–water partition coefficient (Wildman–Crippen LogP) is 5.06. The molecule has 0 atom stereocenters. The lowest BCUT2D eigenvalue weighted by Gasteiger charge is -2.20. The molecule has 3 aromatic heterocycles. The molecule has 44 heavy (non-hydrogen) atoms. The average molecular weight is 612 g/mol. The van der Waals surface area contributed by atoms with Crippen molar-refractivity contribution in [2.24, 2.45) is 0 Å². The highest BCUT2D eigenvalue weighted by molar-refractivity contribution is 7.92. The summed E-state index contributed by atoms with van der Waals surface area (Å²) in [5, 5.41) is 3.26. The van der Waals surface area contributed by atoms with Crippen molar-refractivity contribution in [3.8, 4) is 28.1 Å². The highest BCUT2D eigenvalue weighted by atomic mass is 32.2. The van der Waals surface area contributed by atoms with Crippen molar-refractivity contribution in [3.05, 3.63) is 107 Å². The molecule has 0 bridgehead atoms. The average Bonchev–Trinajstić information content (AvgIpc) is 3.38. The summed E-state index contributed by atoms with van der Waals surface area (Å²) in [5.74, 6) is -0.511. The molecule has 6 rings (SSSR count). The summed E-state index contributed by atoms with van der Waals surface area (Å²) in [6.07, 6.45) is 3.87. The van der Waals surface area contributed by atoms with Crippen LogP contribution in [-0.4, -0.2) is 49.2 Å². The number of carbonyl (C=O) groups excluding carboxylic acids is 1. The summed E-state index contributed by atoms with van der Waals surface area (Å²) >= 11 is 0. The maximum absolute atomic E-state index is 13.6. The van der Waals surface area contributed by atoms with Crippen molar-refractivity contribution >= 4 is 43.6 Å². The molecule has 3 heterocycles. The van der Waals surface area contributed by atoms with Gasteiger partial charge in [-0.1, -0.05) is 29.8 Å². The zero-order chi connectivity index (χ0) is 31.3. The molecule has 0 aliphatic heterocycles. The summed E-state index contributed by atoms with van der Waals surface area (Å²) in [7, 11) is -0.833. The Labute approximate surface area is 251 Å². The zero-order valence-electron chi connectivity index (χ0n) is 24.1. The molecule has 1 N–H and O–H groups in total. The first kappa shape index (κ1) is 28.7. The minimum Gasteiger partial charge on any atom is -0.455 e. The number of anilines is 1. The molecule has 12 heteroatoms. The lowest BCUT2D eigenvalue weighted by molar-refractivity contribution is 0.0964. The van der Waals surface area contributed by atoms with Gasteiger partial charge in [-0.2, -0.15) is 0 Å². The number of rotatable bonds is 6. The molecule has 0 aliphatic carbocycles. The summed E-state index contributed by atoms with van der Waals surface area (Å²) in [6.45, 7) is 1.95. The summed E-state index contributed by atoms with van der Waals surface area (Å²) < 4.78 is 47.6. The van der Waals surface area contributed by atoms with Gasteiger partial charge in [0.15, 0.2) is 5.65 Å². The minimum atomic E-state index is -3.75. The molecule has 6 aromatic rings. The normalized spacial score (nSPS) is 11.7. The number of aromatic nitrogens is 3. The van der Waals surface area contributed by atoms with Gasteiger partial charge in [0.2, 0.25) is 10.0 Å². The quantitative estimate of drug-likeness (QED) is 0.279.